The van der Waals surface area contributed by atoms with Gasteiger partial charge in [-0.1, -0.05) is 12.8 Å². The molecule has 3 nitrogen and oxygen atoms in total. The lowest BCUT2D eigenvalue weighted by atomic mass is 9.93. The van der Waals surface area contributed by atoms with Crippen LogP contribution in [-0.2, 0) is 6.54 Å². The average molecular weight is 239 g/mol. The Labute approximate surface area is 102 Å². The third-order valence-corrected chi connectivity index (χ3v) is 4.30. The lowest BCUT2D eigenvalue weighted by molar-refractivity contribution is 0.118. The Bertz CT molecular complexity index is 321. The second-order valence-electron chi connectivity index (χ2n) is 5.18. The van der Waals surface area contributed by atoms with Gasteiger partial charge in [0.15, 0.2) is 0 Å². The van der Waals surface area contributed by atoms with Gasteiger partial charge in [0.25, 0.3) is 0 Å². The Morgan fingerprint density at radius 1 is 1.62 bits per heavy atom. The molecule has 0 spiro atoms. The molecular formula is C12H21N3S. The monoisotopic (exact) mass is 239 g/mol. The number of hydrogen-bond donors (Lipinski definition) is 1. The Morgan fingerprint density at radius 2 is 2.38 bits per heavy atom. The summed E-state index contributed by atoms with van der Waals surface area (Å²) in [6, 6.07) is 0. The number of rotatable bonds is 6. The van der Waals surface area contributed by atoms with E-state index in [-0.39, 0.29) is 5.54 Å². The summed E-state index contributed by atoms with van der Waals surface area (Å²) in [5.74, 6) is 0.909. The first kappa shape index (κ1) is 12.0. The van der Waals surface area contributed by atoms with E-state index in [2.05, 4.69) is 29.2 Å². The molecule has 0 aliphatic heterocycles. The van der Waals surface area contributed by atoms with Gasteiger partial charge in [0.05, 0.1) is 11.2 Å². The molecule has 4 heteroatoms. The molecule has 1 heterocycles. The average Bonchev–Trinajstić information content (AvgIpc) is 2.92. The van der Waals surface area contributed by atoms with Crippen LogP contribution in [0.3, 0.4) is 0 Å². The largest absolute Gasteiger partial charge is 0.329 e. The summed E-state index contributed by atoms with van der Waals surface area (Å²) in [5.41, 5.74) is 9.13. The van der Waals surface area contributed by atoms with E-state index in [4.69, 9.17) is 5.73 Å². The maximum absolute atomic E-state index is 5.95. The van der Waals surface area contributed by atoms with Crippen molar-refractivity contribution in [2.75, 3.05) is 13.6 Å². The smallest absolute Gasteiger partial charge is 0.0795 e. The van der Waals surface area contributed by atoms with Crippen LogP contribution in [0.2, 0.25) is 0 Å². The Balaban J connectivity index is 1.96. The molecule has 1 saturated carbocycles. The molecule has 1 aromatic heterocycles. The first-order valence-corrected chi connectivity index (χ1v) is 6.87. The fraction of sp³-hybridized carbons (Fsp3) is 0.750. The molecule has 0 saturated heterocycles. The number of likely N-dealkylation sites (N-methyl/N-ethyl adjacent to an activating group) is 1. The zero-order valence-electron chi connectivity index (χ0n) is 10.1. The Kier molecular flexibility index (Phi) is 3.62. The van der Waals surface area contributed by atoms with Crippen LogP contribution >= 0.6 is 11.3 Å². The predicted molar refractivity (Wildman–Crippen MR) is 68.4 cm³/mol. The summed E-state index contributed by atoms with van der Waals surface area (Å²) in [6.07, 6.45) is 4.00. The Morgan fingerprint density at radius 3 is 2.88 bits per heavy atom. The van der Waals surface area contributed by atoms with Crippen molar-refractivity contribution in [1.82, 2.24) is 9.88 Å². The van der Waals surface area contributed by atoms with Crippen LogP contribution in [0.1, 0.15) is 31.9 Å². The fourth-order valence-corrected chi connectivity index (χ4v) is 2.64. The molecule has 0 aromatic carbocycles. The number of aromatic nitrogens is 1. The molecule has 90 valence electrons. The quantitative estimate of drug-likeness (QED) is 0.826. The van der Waals surface area contributed by atoms with Crippen molar-refractivity contribution in [2.45, 2.75) is 38.3 Å². The van der Waals surface area contributed by atoms with Gasteiger partial charge < -0.3 is 5.73 Å². The van der Waals surface area contributed by atoms with E-state index in [1.165, 1.54) is 19.3 Å². The molecule has 2 rings (SSSR count). The zero-order chi connectivity index (χ0) is 11.6. The minimum absolute atomic E-state index is 0.130. The van der Waals surface area contributed by atoms with E-state index in [0.717, 1.165) is 24.7 Å². The lowest BCUT2D eigenvalue weighted by Crippen LogP contribution is -2.49. The highest BCUT2D eigenvalue weighted by molar-refractivity contribution is 7.07. The lowest BCUT2D eigenvalue weighted by Gasteiger charge is -2.38. The molecule has 1 aliphatic carbocycles. The van der Waals surface area contributed by atoms with E-state index >= 15 is 0 Å². The Hall–Kier alpha value is -0.450. The van der Waals surface area contributed by atoms with Crippen LogP contribution in [0.15, 0.2) is 10.9 Å². The summed E-state index contributed by atoms with van der Waals surface area (Å²) in [4.78, 5) is 6.70. The molecule has 1 unspecified atom stereocenters. The van der Waals surface area contributed by atoms with Crippen molar-refractivity contribution in [1.29, 1.82) is 0 Å². The van der Waals surface area contributed by atoms with Crippen molar-refractivity contribution in [3.63, 3.8) is 0 Å². The van der Waals surface area contributed by atoms with Crippen molar-refractivity contribution in [3.8, 4) is 0 Å². The normalized spacial score (nSPS) is 20.0. The second-order valence-corrected chi connectivity index (χ2v) is 5.90. The van der Waals surface area contributed by atoms with Crippen LogP contribution in [-0.4, -0.2) is 29.0 Å². The molecule has 1 atom stereocenters. The van der Waals surface area contributed by atoms with Gasteiger partial charge >= 0.3 is 0 Å². The van der Waals surface area contributed by atoms with Gasteiger partial charge in [-0.05, 0) is 26.3 Å². The maximum Gasteiger partial charge on any atom is 0.0795 e. The van der Waals surface area contributed by atoms with Gasteiger partial charge in [-0.3, -0.25) is 4.90 Å². The van der Waals surface area contributed by atoms with Crippen molar-refractivity contribution < 1.29 is 0 Å². The van der Waals surface area contributed by atoms with Crippen molar-refractivity contribution in [2.24, 2.45) is 11.7 Å². The minimum atomic E-state index is 0.130. The third kappa shape index (κ3) is 2.81. The third-order valence-electron chi connectivity index (χ3n) is 3.67. The predicted octanol–water partition coefficient (Wildman–Crippen LogP) is 2.09. The first-order valence-electron chi connectivity index (χ1n) is 5.92. The number of nitrogens with zero attached hydrogens (tertiary/aromatic N) is 2. The highest BCUT2D eigenvalue weighted by Crippen LogP contribution is 2.38. The SMILES string of the molecule is CN(Cc1cscn1)C(C)(CN)CC1CC1. The van der Waals surface area contributed by atoms with E-state index < -0.39 is 0 Å². The summed E-state index contributed by atoms with van der Waals surface area (Å²) in [6.45, 7) is 3.91. The standard InChI is InChI=1S/C12H21N3S/c1-12(8-13,5-10-3-4-10)15(2)6-11-7-16-9-14-11/h7,9-10H,3-6,8,13H2,1-2H3. The van der Waals surface area contributed by atoms with Gasteiger partial charge in [0.2, 0.25) is 0 Å². The first-order chi connectivity index (χ1) is 7.64. The van der Waals surface area contributed by atoms with Gasteiger partial charge in [-0.2, -0.15) is 0 Å². The van der Waals surface area contributed by atoms with E-state index in [9.17, 15) is 0 Å². The second kappa shape index (κ2) is 4.82. The van der Waals surface area contributed by atoms with Gasteiger partial charge in [-0.25, -0.2) is 4.98 Å². The number of nitrogens with two attached hydrogens (primary N) is 1. The molecule has 0 radical (unpaired) electrons. The van der Waals surface area contributed by atoms with Gasteiger partial charge in [-0.15, -0.1) is 11.3 Å². The van der Waals surface area contributed by atoms with Crippen molar-refractivity contribution in [3.05, 3.63) is 16.6 Å². The van der Waals surface area contributed by atoms with Crippen LogP contribution in [0.5, 0.6) is 0 Å². The molecule has 0 amide bonds. The summed E-state index contributed by atoms with van der Waals surface area (Å²) in [7, 11) is 2.16. The van der Waals surface area contributed by atoms with E-state index in [1.54, 1.807) is 11.3 Å². The molecule has 0 bridgehead atoms. The maximum atomic E-state index is 5.95. The van der Waals surface area contributed by atoms with Gasteiger partial charge in [0.1, 0.15) is 0 Å². The highest BCUT2D eigenvalue weighted by Gasteiger charge is 2.35. The van der Waals surface area contributed by atoms with Crippen LogP contribution in [0.25, 0.3) is 0 Å². The van der Waals surface area contributed by atoms with Crippen LogP contribution < -0.4 is 5.73 Å². The van der Waals surface area contributed by atoms with Gasteiger partial charge in [0, 0.05) is 24.0 Å². The minimum Gasteiger partial charge on any atom is -0.329 e. The molecule has 1 fully saturated rings. The fourth-order valence-electron chi connectivity index (χ4n) is 2.09. The zero-order valence-corrected chi connectivity index (χ0v) is 11.0. The molecular weight excluding hydrogens is 218 g/mol. The van der Waals surface area contributed by atoms with Crippen LogP contribution in [0.4, 0.5) is 0 Å². The molecule has 1 aliphatic rings. The molecule has 16 heavy (non-hydrogen) atoms. The topological polar surface area (TPSA) is 42.2 Å². The van der Waals surface area contributed by atoms with Crippen LogP contribution in [0, 0.1) is 5.92 Å². The summed E-state index contributed by atoms with van der Waals surface area (Å²) >= 11 is 1.66. The van der Waals surface area contributed by atoms with Crippen molar-refractivity contribution >= 4 is 11.3 Å². The summed E-state index contributed by atoms with van der Waals surface area (Å²) < 4.78 is 0. The molecule has 1 aromatic rings. The molecule has 2 N–H and O–H groups in total. The van der Waals surface area contributed by atoms with E-state index in [1.807, 2.05) is 5.51 Å². The highest BCUT2D eigenvalue weighted by atomic mass is 32.1. The number of hydrogen-bond acceptors (Lipinski definition) is 4. The van der Waals surface area contributed by atoms with E-state index in [0.29, 0.717) is 0 Å². The number of thiazole rings is 1. The summed E-state index contributed by atoms with van der Waals surface area (Å²) in [5, 5.41) is 2.12.